The second-order valence-corrected chi connectivity index (χ2v) is 5.02. The molecule has 1 aliphatic heterocycles. The summed E-state index contributed by atoms with van der Waals surface area (Å²) >= 11 is 0. The molecule has 0 amide bonds. The van der Waals surface area contributed by atoms with E-state index in [4.69, 9.17) is 14.0 Å². The van der Waals surface area contributed by atoms with E-state index in [1.807, 2.05) is 31.2 Å². The van der Waals surface area contributed by atoms with Crippen LogP contribution in [0, 0.1) is 6.92 Å². The smallest absolute Gasteiger partial charge is 0.230 e. The molecule has 1 unspecified atom stereocenters. The summed E-state index contributed by atoms with van der Waals surface area (Å²) in [6.07, 6.45) is 0.468. The highest BCUT2D eigenvalue weighted by atomic mass is 16.5. The Hall–Kier alpha value is -1.92. The van der Waals surface area contributed by atoms with Crippen LogP contribution < -0.4 is 10.1 Å². The number of ether oxygens (including phenoxy) is 2. The van der Waals surface area contributed by atoms with Gasteiger partial charge in [0.25, 0.3) is 0 Å². The van der Waals surface area contributed by atoms with Crippen molar-refractivity contribution in [3.8, 4) is 5.75 Å². The van der Waals surface area contributed by atoms with E-state index in [2.05, 4.69) is 15.5 Å². The van der Waals surface area contributed by atoms with E-state index < -0.39 is 0 Å². The predicted molar refractivity (Wildman–Crippen MR) is 76.2 cm³/mol. The van der Waals surface area contributed by atoms with E-state index in [1.54, 1.807) is 0 Å². The molecule has 6 heteroatoms. The van der Waals surface area contributed by atoms with Crippen molar-refractivity contribution in [1.29, 1.82) is 0 Å². The highest BCUT2D eigenvalue weighted by Crippen LogP contribution is 2.16. The minimum absolute atomic E-state index is 0.117. The summed E-state index contributed by atoms with van der Waals surface area (Å²) in [6, 6.07) is 7.95. The van der Waals surface area contributed by atoms with Crippen molar-refractivity contribution >= 4 is 0 Å². The van der Waals surface area contributed by atoms with Gasteiger partial charge in [0.15, 0.2) is 0 Å². The number of nitrogens with zero attached hydrogens (tertiary/aromatic N) is 2. The second kappa shape index (κ2) is 6.69. The third kappa shape index (κ3) is 3.80. The third-order valence-corrected chi connectivity index (χ3v) is 3.27. The molecule has 1 saturated heterocycles. The van der Waals surface area contributed by atoms with E-state index >= 15 is 0 Å². The van der Waals surface area contributed by atoms with Crippen LogP contribution in [0.2, 0.25) is 0 Å². The number of aryl methyl sites for hydroxylation is 1. The Balaban J connectivity index is 1.50. The zero-order valence-electron chi connectivity index (χ0n) is 12.0. The molecule has 21 heavy (non-hydrogen) atoms. The first kappa shape index (κ1) is 14.0. The lowest BCUT2D eigenvalue weighted by atomic mass is 10.2. The fraction of sp³-hybridized carbons (Fsp3) is 0.467. The second-order valence-electron chi connectivity index (χ2n) is 5.02. The van der Waals surface area contributed by atoms with Gasteiger partial charge in [-0.15, -0.1) is 0 Å². The van der Waals surface area contributed by atoms with Crippen LogP contribution in [0.5, 0.6) is 5.75 Å². The maximum Gasteiger partial charge on any atom is 0.230 e. The van der Waals surface area contributed by atoms with Crippen LogP contribution >= 0.6 is 0 Å². The highest BCUT2D eigenvalue weighted by Gasteiger charge is 2.21. The molecule has 1 atom stereocenters. The number of nitrogens with one attached hydrogen (secondary N) is 1. The van der Waals surface area contributed by atoms with Crippen LogP contribution in [0.15, 0.2) is 28.8 Å². The summed E-state index contributed by atoms with van der Waals surface area (Å²) in [5.41, 5.74) is 1.18. The number of morpholine rings is 1. The first-order valence-corrected chi connectivity index (χ1v) is 7.15. The van der Waals surface area contributed by atoms with Crippen molar-refractivity contribution in [3.63, 3.8) is 0 Å². The Morgan fingerprint density at radius 3 is 3.19 bits per heavy atom. The average Bonchev–Trinajstić information content (AvgIpc) is 2.97. The number of rotatable bonds is 5. The largest absolute Gasteiger partial charge is 0.493 e. The Labute approximate surface area is 123 Å². The van der Waals surface area contributed by atoms with Crippen molar-refractivity contribution in [1.82, 2.24) is 15.5 Å². The van der Waals surface area contributed by atoms with Gasteiger partial charge in [-0.1, -0.05) is 17.3 Å². The number of benzene rings is 1. The molecule has 0 spiro atoms. The Kier molecular flexibility index (Phi) is 4.47. The van der Waals surface area contributed by atoms with E-state index in [1.165, 1.54) is 5.56 Å². The molecule has 112 valence electrons. The van der Waals surface area contributed by atoms with E-state index in [0.717, 1.165) is 18.8 Å². The molecule has 1 aromatic carbocycles. The van der Waals surface area contributed by atoms with Gasteiger partial charge in [-0.2, -0.15) is 4.98 Å². The molecular formula is C15H19N3O3. The summed E-state index contributed by atoms with van der Waals surface area (Å²) in [5, 5.41) is 7.21. The van der Waals surface area contributed by atoms with Crippen LogP contribution in [0.3, 0.4) is 0 Å². The van der Waals surface area contributed by atoms with Gasteiger partial charge in [-0.25, -0.2) is 0 Å². The molecule has 1 aliphatic rings. The van der Waals surface area contributed by atoms with E-state index in [-0.39, 0.29) is 6.10 Å². The van der Waals surface area contributed by atoms with Gasteiger partial charge in [0.2, 0.25) is 11.7 Å². The minimum atomic E-state index is -0.117. The molecule has 2 heterocycles. The molecule has 6 nitrogen and oxygen atoms in total. The summed E-state index contributed by atoms with van der Waals surface area (Å²) in [6.45, 7) is 4.81. The van der Waals surface area contributed by atoms with Gasteiger partial charge >= 0.3 is 0 Å². The van der Waals surface area contributed by atoms with Gasteiger partial charge in [0, 0.05) is 13.1 Å². The van der Waals surface area contributed by atoms with Gasteiger partial charge in [0.1, 0.15) is 11.9 Å². The van der Waals surface area contributed by atoms with E-state index in [0.29, 0.717) is 31.3 Å². The number of hydrogen-bond donors (Lipinski definition) is 1. The molecule has 0 saturated carbocycles. The van der Waals surface area contributed by atoms with E-state index in [9.17, 15) is 0 Å². The molecule has 1 aromatic heterocycles. The number of hydrogen-bond acceptors (Lipinski definition) is 6. The Morgan fingerprint density at radius 2 is 2.38 bits per heavy atom. The van der Waals surface area contributed by atoms with Crippen LogP contribution in [0.25, 0.3) is 0 Å². The van der Waals surface area contributed by atoms with Crippen molar-refractivity contribution in [2.45, 2.75) is 19.4 Å². The zero-order chi connectivity index (χ0) is 14.5. The average molecular weight is 289 g/mol. The topological polar surface area (TPSA) is 69.4 Å². The Bertz CT molecular complexity index is 579. The standard InChI is InChI=1S/C15H19N3O3/c1-11-3-2-4-12(9-11)19-7-5-14-17-15(18-21-14)13-10-16-6-8-20-13/h2-4,9,13,16H,5-8,10H2,1H3. The SMILES string of the molecule is Cc1cccc(OCCc2nc(C3CNCCO3)no2)c1. The summed E-state index contributed by atoms with van der Waals surface area (Å²) in [7, 11) is 0. The monoisotopic (exact) mass is 289 g/mol. The lowest BCUT2D eigenvalue weighted by molar-refractivity contribution is 0.0208. The normalized spacial score (nSPS) is 18.6. The first-order chi connectivity index (χ1) is 10.3. The maximum atomic E-state index is 5.67. The van der Waals surface area contributed by atoms with Crippen LogP contribution in [0.4, 0.5) is 0 Å². The van der Waals surface area contributed by atoms with Gasteiger partial charge in [-0.3, -0.25) is 0 Å². The van der Waals surface area contributed by atoms with Gasteiger partial charge < -0.3 is 19.3 Å². The molecular weight excluding hydrogens is 270 g/mol. The van der Waals surface area contributed by atoms with Crippen LogP contribution in [-0.2, 0) is 11.2 Å². The zero-order valence-corrected chi connectivity index (χ0v) is 12.0. The fourth-order valence-corrected chi connectivity index (χ4v) is 2.19. The van der Waals surface area contributed by atoms with Crippen molar-refractivity contribution in [3.05, 3.63) is 41.5 Å². The third-order valence-electron chi connectivity index (χ3n) is 3.27. The molecule has 2 aromatic rings. The number of aromatic nitrogens is 2. The summed E-state index contributed by atoms with van der Waals surface area (Å²) < 4.78 is 16.5. The molecule has 0 aliphatic carbocycles. The molecule has 1 N–H and O–H groups in total. The van der Waals surface area contributed by atoms with Crippen molar-refractivity contribution < 1.29 is 14.0 Å². The van der Waals surface area contributed by atoms with Crippen molar-refractivity contribution in [2.24, 2.45) is 0 Å². The fourth-order valence-electron chi connectivity index (χ4n) is 2.19. The molecule has 3 rings (SSSR count). The summed E-state index contributed by atoms with van der Waals surface area (Å²) in [5.74, 6) is 2.04. The van der Waals surface area contributed by atoms with Crippen molar-refractivity contribution in [2.75, 3.05) is 26.3 Å². The predicted octanol–water partition coefficient (Wildman–Crippen LogP) is 1.66. The van der Waals surface area contributed by atoms with Gasteiger partial charge in [0.05, 0.1) is 19.6 Å². The van der Waals surface area contributed by atoms with Crippen LogP contribution in [0.1, 0.15) is 23.4 Å². The highest BCUT2D eigenvalue weighted by molar-refractivity contribution is 5.27. The minimum Gasteiger partial charge on any atom is -0.493 e. The lowest BCUT2D eigenvalue weighted by Crippen LogP contribution is -2.33. The maximum absolute atomic E-state index is 5.67. The molecule has 1 fully saturated rings. The molecule has 0 bridgehead atoms. The quantitative estimate of drug-likeness (QED) is 0.903. The molecule has 0 radical (unpaired) electrons. The lowest BCUT2D eigenvalue weighted by Gasteiger charge is -2.20. The van der Waals surface area contributed by atoms with Crippen LogP contribution in [-0.4, -0.2) is 36.4 Å². The summed E-state index contributed by atoms with van der Waals surface area (Å²) in [4.78, 5) is 4.36. The van der Waals surface area contributed by atoms with Gasteiger partial charge in [-0.05, 0) is 24.6 Å². The Morgan fingerprint density at radius 1 is 1.43 bits per heavy atom. The first-order valence-electron chi connectivity index (χ1n) is 7.15.